The van der Waals surface area contributed by atoms with E-state index in [1.54, 1.807) is 13.8 Å². The Hall–Kier alpha value is -3.15. The summed E-state index contributed by atoms with van der Waals surface area (Å²) in [5.41, 5.74) is 4.91. The lowest BCUT2D eigenvalue weighted by molar-refractivity contribution is -0.149. The van der Waals surface area contributed by atoms with Crippen LogP contribution in [0.4, 0.5) is 35.0 Å². The van der Waals surface area contributed by atoms with Crippen molar-refractivity contribution in [2.45, 2.75) is 38.6 Å². The normalized spacial score (nSPS) is 12.5. The number of esters is 1. The molecule has 2 aromatic rings. The van der Waals surface area contributed by atoms with Crippen LogP contribution in [0.25, 0.3) is 0 Å². The molecule has 0 spiro atoms. The number of nitrogens with zero attached hydrogens (tertiary/aromatic N) is 2. The SMILES string of the molecule is CNc1nc(Nc2cc(F)c(CC(N)C(=O)OC(C)C)cc2OC)ncc1C(F)(F)F. The van der Waals surface area contributed by atoms with Crippen molar-refractivity contribution in [3.05, 3.63) is 35.3 Å². The van der Waals surface area contributed by atoms with Crippen LogP contribution in [0.2, 0.25) is 0 Å². The van der Waals surface area contributed by atoms with E-state index in [0.717, 1.165) is 6.07 Å². The maximum absolute atomic E-state index is 14.6. The molecule has 31 heavy (non-hydrogen) atoms. The highest BCUT2D eigenvalue weighted by Gasteiger charge is 2.35. The number of anilines is 3. The van der Waals surface area contributed by atoms with E-state index in [9.17, 15) is 22.4 Å². The Bertz CT molecular complexity index is 937. The molecule has 2 rings (SSSR count). The predicted molar refractivity (Wildman–Crippen MR) is 106 cm³/mol. The molecule has 1 aromatic heterocycles. The first-order valence-corrected chi connectivity index (χ1v) is 9.17. The number of benzene rings is 1. The number of ether oxygens (including phenoxy) is 2. The second-order valence-corrected chi connectivity index (χ2v) is 6.77. The summed E-state index contributed by atoms with van der Waals surface area (Å²) in [6.45, 7) is 3.33. The second kappa shape index (κ2) is 9.77. The first-order chi connectivity index (χ1) is 14.5. The van der Waals surface area contributed by atoms with Crippen molar-refractivity contribution in [2.24, 2.45) is 5.73 Å². The minimum Gasteiger partial charge on any atom is -0.495 e. The van der Waals surface area contributed by atoms with Gasteiger partial charge in [0, 0.05) is 25.7 Å². The van der Waals surface area contributed by atoms with E-state index >= 15 is 0 Å². The van der Waals surface area contributed by atoms with Crippen LogP contribution < -0.4 is 21.1 Å². The van der Waals surface area contributed by atoms with Gasteiger partial charge in [0.2, 0.25) is 5.95 Å². The molecule has 12 heteroatoms. The van der Waals surface area contributed by atoms with E-state index in [4.69, 9.17) is 15.2 Å². The summed E-state index contributed by atoms with van der Waals surface area (Å²) in [4.78, 5) is 19.3. The average Bonchev–Trinajstić information content (AvgIpc) is 2.68. The van der Waals surface area contributed by atoms with E-state index in [2.05, 4.69) is 20.6 Å². The molecule has 0 fully saturated rings. The quantitative estimate of drug-likeness (QED) is 0.420. The van der Waals surface area contributed by atoms with Gasteiger partial charge >= 0.3 is 12.1 Å². The highest BCUT2D eigenvalue weighted by molar-refractivity contribution is 5.76. The van der Waals surface area contributed by atoms with Crippen molar-refractivity contribution in [2.75, 3.05) is 24.8 Å². The van der Waals surface area contributed by atoms with Gasteiger partial charge in [-0.2, -0.15) is 18.2 Å². The summed E-state index contributed by atoms with van der Waals surface area (Å²) in [6.07, 6.45) is -4.54. The van der Waals surface area contributed by atoms with Gasteiger partial charge in [0.25, 0.3) is 0 Å². The van der Waals surface area contributed by atoms with Crippen LogP contribution in [-0.2, 0) is 22.1 Å². The van der Waals surface area contributed by atoms with Gasteiger partial charge in [-0.15, -0.1) is 0 Å². The molecule has 1 aromatic carbocycles. The molecule has 8 nitrogen and oxygen atoms in total. The fourth-order valence-electron chi connectivity index (χ4n) is 2.62. The Kier molecular flexibility index (Phi) is 7.60. The number of alkyl halides is 3. The summed E-state index contributed by atoms with van der Waals surface area (Å²) in [7, 11) is 2.60. The van der Waals surface area contributed by atoms with Crippen molar-refractivity contribution in [3.8, 4) is 5.75 Å². The summed E-state index contributed by atoms with van der Waals surface area (Å²) in [6, 6.07) is 1.29. The monoisotopic (exact) mass is 445 g/mol. The van der Waals surface area contributed by atoms with Crippen LogP contribution in [0.15, 0.2) is 18.3 Å². The largest absolute Gasteiger partial charge is 0.495 e. The van der Waals surface area contributed by atoms with Crippen LogP contribution in [0.3, 0.4) is 0 Å². The fraction of sp³-hybridized carbons (Fsp3) is 0.421. The highest BCUT2D eigenvalue weighted by Crippen LogP contribution is 2.35. The molecular weight excluding hydrogens is 422 g/mol. The van der Waals surface area contributed by atoms with E-state index in [1.807, 2.05) is 0 Å². The Morgan fingerprint density at radius 3 is 2.52 bits per heavy atom. The summed E-state index contributed by atoms with van der Waals surface area (Å²) in [5, 5.41) is 4.98. The predicted octanol–water partition coefficient (Wildman–Crippen LogP) is 3.25. The average molecular weight is 445 g/mol. The zero-order valence-corrected chi connectivity index (χ0v) is 17.3. The maximum Gasteiger partial charge on any atom is 0.421 e. The number of aromatic nitrogens is 2. The van der Waals surface area contributed by atoms with Gasteiger partial charge in [0.15, 0.2) is 0 Å². The summed E-state index contributed by atoms with van der Waals surface area (Å²) in [5.74, 6) is -1.89. The van der Waals surface area contributed by atoms with Crippen LogP contribution >= 0.6 is 0 Å². The molecule has 0 radical (unpaired) electrons. The Morgan fingerprint density at radius 1 is 1.29 bits per heavy atom. The van der Waals surface area contributed by atoms with Crippen molar-refractivity contribution < 1.29 is 31.8 Å². The van der Waals surface area contributed by atoms with Crippen molar-refractivity contribution in [1.82, 2.24) is 9.97 Å². The maximum atomic E-state index is 14.6. The van der Waals surface area contributed by atoms with E-state index in [1.165, 1.54) is 20.2 Å². The number of hydrogen-bond acceptors (Lipinski definition) is 8. The molecule has 1 unspecified atom stereocenters. The third-order valence-corrected chi connectivity index (χ3v) is 4.04. The number of nitrogens with one attached hydrogen (secondary N) is 2. The molecule has 0 aliphatic carbocycles. The van der Waals surface area contributed by atoms with Gasteiger partial charge in [-0.1, -0.05) is 0 Å². The molecular formula is C19H23F4N5O3. The number of rotatable bonds is 8. The lowest BCUT2D eigenvalue weighted by Crippen LogP contribution is -2.36. The smallest absolute Gasteiger partial charge is 0.421 e. The summed E-state index contributed by atoms with van der Waals surface area (Å²) >= 11 is 0. The number of methoxy groups -OCH3 is 1. The standard InChI is InChI=1S/C19H23F4N5O3/c1-9(2)31-17(29)13(24)5-10-6-15(30-4)14(7-12(10)20)27-18-26-8-11(19(21,22)23)16(25-3)28-18/h6-9,13H,5,24H2,1-4H3,(H2,25,26,27,28). The highest BCUT2D eigenvalue weighted by atomic mass is 19.4. The van der Waals surface area contributed by atoms with Gasteiger partial charge in [-0.25, -0.2) is 9.37 Å². The van der Waals surface area contributed by atoms with Crippen molar-refractivity contribution >= 4 is 23.4 Å². The Morgan fingerprint density at radius 2 is 1.97 bits per heavy atom. The lowest BCUT2D eigenvalue weighted by atomic mass is 10.0. The molecule has 0 aliphatic heterocycles. The zero-order chi connectivity index (χ0) is 23.3. The van der Waals surface area contributed by atoms with E-state index < -0.39 is 35.4 Å². The van der Waals surface area contributed by atoms with Gasteiger partial charge < -0.3 is 25.8 Å². The van der Waals surface area contributed by atoms with E-state index in [0.29, 0.717) is 6.20 Å². The third-order valence-electron chi connectivity index (χ3n) is 4.04. The summed E-state index contributed by atoms with van der Waals surface area (Å²) < 4.78 is 63.8. The minimum atomic E-state index is -4.64. The number of carbonyl (C=O) groups excluding carboxylic acids is 1. The van der Waals surface area contributed by atoms with Gasteiger partial charge in [0.1, 0.15) is 29.0 Å². The third kappa shape index (κ3) is 6.17. The molecule has 0 bridgehead atoms. The molecule has 1 heterocycles. The van der Waals surface area contributed by atoms with Crippen molar-refractivity contribution in [1.29, 1.82) is 0 Å². The number of carbonyl (C=O) groups is 1. The molecule has 170 valence electrons. The minimum absolute atomic E-state index is 0.0730. The van der Waals surface area contributed by atoms with Crippen LogP contribution in [0.1, 0.15) is 25.0 Å². The molecule has 0 aliphatic rings. The fourth-order valence-corrected chi connectivity index (χ4v) is 2.62. The van der Waals surface area contributed by atoms with E-state index in [-0.39, 0.29) is 35.5 Å². The molecule has 4 N–H and O–H groups in total. The van der Waals surface area contributed by atoms with Crippen LogP contribution in [-0.4, -0.2) is 42.2 Å². The molecule has 0 saturated carbocycles. The number of nitrogens with two attached hydrogens (primary N) is 1. The topological polar surface area (TPSA) is 111 Å². The molecule has 0 amide bonds. The second-order valence-electron chi connectivity index (χ2n) is 6.77. The van der Waals surface area contributed by atoms with Crippen LogP contribution in [0.5, 0.6) is 5.75 Å². The lowest BCUT2D eigenvalue weighted by Gasteiger charge is -2.17. The molecule has 0 saturated heterocycles. The van der Waals surface area contributed by atoms with Gasteiger partial charge in [0.05, 0.1) is 18.9 Å². The number of hydrogen-bond donors (Lipinski definition) is 3. The van der Waals surface area contributed by atoms with Crippen molar-refractivity contribution in [3.63, 3.8) is 0 Å². The first kappa shape index (κ1) is 24.1. The zero-order valence-electron chi connectivity index (χ0n) is 17.3. The Balaban J connectivity index is 2.29. The number of halogens is 4. The van der Waals surface area contributed by atoms with Gasteiger partial charge in [-0.3, -0.25) is 4.79 Å². The molecule has 1 atom stereocenters. The first-order valence-electron chi connectivity index (χ1n) is 9.17. The van der Waals surface area contributed by atoms with Gasteiger partial charge in [-0.05, 0) is 25.5 Å². The Labute approximate surface area is 176 Å². The van der Waals surface area contributed by atoms with Crippen LogP contribution in [0, 0.1) is 5.82 Å².